The molecule has 1 aromatic heterocycles. The number of thiazole rings is 1. The number of nitrogens with zero attached hydrogens (tertiary/aromatic N) is 2. The zero-order valence-electron chi connectivity index (χ0n) is 16.4. The van der Waals surface area contributed by atoms with Crippen molar-refractivity contribution in [2.24, 2.45) is 5.10 Å². The molecule has 0 spiro atoms. The van der Waals surface area contributed by atoms with Gasteiger partial charge in [0.25, 0.3) is 5.91 Å². The van der Waals surface area contributed by atoms with E-state index in [0.29, 0.717) is 32.5 Å². The lowest BCUT2D eigenvalue weighted by molar-refractivity contribution is 0.0729. The number of aromatic nitrogens is 1. The third kappa shape index (κ3) is 5.22. The summed E-state index contributed by atoms with van der Waals surface area (Å²) in [6.07, 6.45) is 1.47. The summed E-state index contributed by atoms with van der Waals surface area (Å²) in [4.78, 5) is 29.2. The fourth-order valence-corrected chi connectivity index (χ4v) is 3.49. The monoisotopic (exact) mass is 443 g/mol. The number of carbonyl (C=O) groups is 2. The standard InChI is InChI=1S/C21H18ClN3O4S/c1-12-19(30-13(2)24-12)20(26)25-23-11-14-4-9-17(18(10-14)28-3)29-21(27)15-5-7-16(22)8-6-15/h4-11H,1-3H3,(H,25,26)/b23-11+. The van der Waals surface area contributed by atoms with E-state index in [9.17, 15) is 9.59 Å². The first-order chi connectivity index (χ1) is 14.4. The Bertz CT molecular complexity index is 1110. The molecule has 0 fully saturated rings. The first kappa shape index (κ1) is 21.5. The Morgan fingerprint density at radius 2 is 1.87 bits per heavy atom. The van der Waals surface area contributed by atoms with Gasteiger partial charge in [0, 0.05) is 5.02 Å². The van der Waals surface area contributed by atoms with Gasteiger partial charge in [-0.15, -0.1) is 11.3 Å². The summed E-state index contributed by atoms with van der Waals surface area (Å²) in [6.45, 7) is 3.61. The van der Waals surface area contributed by atoms with Crippen molar-refractivity contribution in [2.45, 2.75) is 13.8 Å². The van der Waals surface area contributed by atoms with Gasteiger partial charge in [-0.25, -0.2) is 15.2 Å². The number of amides is 1. The predicted octanol–water partition coefficient (Wildman–Crippen LogP) is 4.41. The zero-order chi connectivity index (χ0) is 21.7. The molecule has 0 bridgehead atoms. The molecule has 1 heterocycles. The molecule has 9 heteroatoms. The van der Waals surface area contributed by atoms with Gasteiger partial charge in [-0.3, -0.25) is 4.79 Å². The number of ether oxygens (including phenoxy) is 2. The number of hydrogen-bond acceptors (Lipinski definition) is 7. The van der Waals surface area contributed by atoms with Crippen molar-refractivity contribution in [1.29, 1.82) is 0 Å². The normalized spacial score (nSPS) is 10.8. The Hall–Kier alpha value is -3.23. The molecule has 0 atom stereocenters. The summed E-state index contributed by atoms with van der Waals surface area (Å²) in [5.41, 5.74) is 4.15. The topological polar surface area (TPSA) is 89.9 Å². The van der Waals surface area contributed by atoms with Crippen LogP contribution in [0.5, 0.6) is 11.5 Å². The molecule has 0 unspecified atom stereocenters. The molecular weight excluding hydrogens is 426 g/mol. The van der Waals surface area contributed by atoms with Crippen LogP contribution < -0.4 is 14.9 Å². The van der Waals surface area contributed by atoms with E-state index in [1.807, 2.05) is 6.92 Å². The fourth-order valence-electron chi connectivity index (χ4n) is 2.55. The lowest BCUT2D eigenvalue weighted by Gasteiger charge is -2.10. The van der Waals surface area contributed by atoms with E-state index < -0.39 is 5.97 Å². The Morgan fingerprint density at radius 1 is 1.13 bits per heavy atom. The third-order valence-corrected chi connectivity index (χ3v) is 5.28. The van der Waals surface area contributed by atoms with Crippen LogP contribution in [0.15, 0.2) is 47.6 Å². The molecule has 0 radical (unpaired) electrons. The van der Waals surface area contributed by atoms with Crippen molar-refractivity contribution in [1.82, 2.24) is 10.4 Å². The second-order valence-corrected chi connectivity index (χ2v) is 7.79. The average Bonchev–Trinajstić information content (AvgIpc) is 3.07. The van der Waals surface area contributed by atoms with Crippen molar-refractivity contribution in [3.63, 3.8) is 0 Å². The van der Waals surface area contributed by atoms with Crippen molar-refractivity contribution >= 4 is 41.0 Å². The van der Waals surface area contributed by atoms with Crippen LogP contribution in [0, 0.1) is 13.8 Å². The quantitative estimate of drug-likeness (QED) is 0.264. The number of hydrogen-bond donors (Lipinski definition) is 1. The van der Waals surface area contributed by atoms with Gasteiger partial charge < -0.3 is 9.47 Å². The van der Waals surface area contributed by atoms with E-state index in [0.717, 1.165) is 5.01 Å². The maximum atomic E-state index is 12.3. The minimum absolute atomic E-state index is 0.259. The molecule has 7 nitrogen and oxygen atoms in total. The van der Waals surface area contributed by atoms with E-state index in [2.05, 4.69) is 15.5 Å². The molecule has 0 aliphatic carbocycles. The van der Waals surface area contributed by atoms with Gasteiger partial charge in [0.2, 0.25) is 0 Å². The molecule has 0 aliphatic heterocycles. The van der Waals surface area contributed by atoms with Crippen LogP contribution in [0.1, 0.15) is 36.3 Å². The number of hydrazone groups is 1. The minimum Gasteiger partial charge on any atom is -0.493 e. The molecular formula is C21H18ClN3O4S. The van der Waals surface area contributed by atoms with E-state index in [1.165, 1.54) is 24.7 Å². The van der Waals surface area contributed by atoms with Crippen LogP contribution in [0.3, 0.4) is 0 Å². The number of nitrogens with one attached hydrogen (secondary N) is 1. The Morgan fingerprint density at radius 3 is 2.50 bits per heavy atom. The summed E-state index contributed by atoms with van der Waals surface area (Å²) in [7, 11) is 1.46. The summed E-state index contributed by atoms with van der Waals surface area (Å²) in [5.74, 6) is -0.250. The van der Waals surface area contributed by atoms with Gasteiger partial charge in [-0.1, -0.05) is 11.6 Å². The highest BCUT2D eigenvalue weighted by Gasteiger charge is 2.14. The summed E-state index contributed by atoms with van der Waals surface area (Å²) >= 11 is 7.14. The molecule has 30 heavy (non-hydrogen) atoms. The van der Waals surface area contributed by atoms with E-state index >= 15 is 0 Å². The van der Waals surface area contributed by atoms with Crippen LogP contribution in [0.25, 0.3) is 0 Å². The molecule has 3 rings (SSSR count). The zero-order valence-corrected chi connectivity index (χ0v) is 18.0. The van der Waals surface area contributed by atoms with Gasteiger partial charge in [0.15, 0.2) is 11.5 Å². The van der Waals surface area contributed by atoms with Crippen LogP contribution in [0.4, 0.5) is 0 Å². The molecule has 3 aromatic rings. The number of halogens is 1. The van der Waals surface area contributed by atoms with E-state index in [1.54, 1.807) is 49.4 Å². The maximum absolute atomic E-state index is 12.3. The molecule has 154 valence electrons. The molecule has 0 saturated carbocycles. The highest BCUT2D eigenvalue weighted by molar-refractivity contribution is 7.13. The van der Waals surface area contributed by atoms with E-state index in [4.69, 9.17) is 21.1 Å². The molecule has 0 aliphatic rings. The summed E-state index contributed by atoms with van der Waals surface area (Å²) < 4.78 is 10.7. The number of aryl methyl sites for hydroxylation is 2. The van der Waals surface area contributed by atoms with Crippen LogP contribution in [-0.2, 0) is 0 Å². The lowest BCUT2D eigenvalue weighted by atomic mass is 10.2. The molecule has 2 aromatic carbocycles. The largest absolute Gasteiger partial charge is 0.493 e. The lowest BCUT2D eigenvalue weighted by Crippen LogP contribution is -2.17. The molecule has 1 amide bonds. The second kappa shape index (κ2) is 9.51. The van der Waals surface area contributed by atoms with Gasteiger partial charge in [0.1, 0.15) is 4.88 Å². The highest BCUT2D eigenvalue weighted by Crippen LogP contribution is 2.28. The number of rotatable bonds is 6. The van der Waals surface area contributed by atoms with Crippen molar-refractivity contribution < 1.29 is 19.1 Å². The molecule has 0 saturated heterocycles. The second-order valence-electron chi connectivity index (χ2n) is 6.15. The third-order valence-electron chi connectivity index (χ3n) is 3.96. The van der Waals surface area contributed by atoms with Gasteiger partial charge in [0.05, 0.1) is 29.6 Å². The number of carbonyl (C=O) groups excluding carboxylic acids is 2. The minimum atomic E-state index is -0.533. The Balaban J connectivity index is 1.68. The smallest absolute Gasteiger partial charge is 0.343 e. The van der Waals surface area contributed by atoms with Crippen LogP contribution >= 0.6 is 22.9 Å². The Labute approximate surface area is 182 Å². The van der Waals surface area contributed by atoms with Crippen molar-refractivity contribution in [2.75, 3.05) is 7.11 Å². The number of esters is 1. The molecule has 1 N–H and O–H groups in total. The van der Waals surface area contributed by atoms with Crippen LogP contribution in [0.2, 0.25) is 5.02 Å². The van der Waals surface area contributed by atoms with Gasteiger partial charge >= 0.3 is 5.97 Å². The van der Waals surface area contributed by atoms with Crippen LogP contribution in [-0.4, -0.2) is 30.2 Å². The summed E-state index contributed by atoms with van der Waals surface area (Å²) in [6, 6.07) is 11.3. The first-order valence-corrected chi connectivity index (χ1v) is 10.00. The maximum Gasteiger partial charge on any atom is 0.343 e. The van der Waals surface area contributed by atoms with Gasteiger partial charge in [-0.2, -0.15) is 5.10 Å². The Kier molecular flexibility index (Phi) is 6.81. The average molecular weight is 444 g/mol. The predicted molar refractivity (Wildman–Crippen MR) is 116 cm³/mol. The summed E-state index contributed by atoms with van der Waals surface area (Å²) in [5, 5.41) is 5.31. The van der Waals surface area contributed by atoms with Crippen molar-refractivity contribution in [3.8, 4) is 11.5 Å². The van der Waals surface area contributed by atoms with E-state index in [-0.39, 0.29) is 11.7 Å². The number of benzene rings is 2. The fraction of sp³-hybridized carbons (Fsp3) is 0.143. The van der Waals surface area contributed by atoms with Gasteiger partial charge in [-0.05, 0) is 61.9 Å². The first-order valence-electron chi connectivity index (χ1n) is 8.80. The van der Waals surface area contributed by atoms with Crippen molar-refractivity contribution in [3.05, 3.63) is 74.2 Å². The SMILES string of the molecule is COc1cc(/C=N/NC(=O)c2sc(C)nc2C)ccc1OC(=O)c1ccc(Cl)cc1. The number of methoxy groups -OCH3 is 1. The highest BCUT2D eigenvalue weighted by atomic mass is 35.5.